The second kappa shape index (κ2) is 19.9. The molecule has 0 saturated heterocycles. The van der Waals surface area contributed by atoms with E-state index >= 15 is 0 Å². The molecular formula is C23H44N2O4. The van der Waals surface area contributed by atoms with Gasteiger partial charge in [0, 0.05) is 12.8 Å². The second-order valence-corrected chi connectivity index (χ2v) is 8.15. The fourth-order valence-corrected chi connectivity index (χ4v) is 3.36. The van der Waals surface area contributed by atoms with E-state index in [-0.39, 0.29) is 18.7 Å². The average Bonchev–Trinajstić information content (AvgIpc) is 2.68. The number of aliphatic carboxylic acids is 1. The minimum atomic E-state index is -1.00. The highest BCUT2D eigenvalue weighted by Crippen LogP contribution is 2.13. The van der Waals surface area contributed by atoms with Crippen molar-refractivity contribution in [1.82, 2.24) is 5.32 Å². The zero-order valence-electron chi connectivity index (χ0n) is 18.6. The quantitative estimate of drug-likeness (QED) is 0.241. The van der Waals surface area contributed by atoms with Gasteiger partial charge in [-0.25, -0.2) is 0 Å². The van der Waals surface area contributed by atoms with Crippen LogP contribution >= 0.6 is 0 Å². The minimum Gasteiger partial charge on any atom is -0.481 e. The number of carboxylic acid groups (broad SMARTS) is 1. The lowest BCUT2D eigenvalue weighted by Crippen LogP contribution is -2.43. The molecule has 0 aromatic heterocycles. The van der Waals surface area contributed by atoms with E-state index in [2.05, 4.69) is 12.2 Å². The largest absolute Gasteiger partial charge is 0.481 e. The summed E-state index contributed by atoms with van der Waals surface area (Å²) < 4.78 is 0. The summed E-state index contributed by atoms with van der Waals surface area (Å²) >= 11 is 0. The van der Waals surface area contributed by atoms with Crippen molar-refractivity contribution in [2.24, 2.45) is 5.73 Å². The Hall–Kier alpha value is -1.43. The molecule has 29 heavy (non-hydrogen) atoms. The summed E-state index contributed by atoms with van der Waals surface area (Å²) in [5, 5.41) is 10.8. The molecule has 0 bridgehead atoms. The monoisotopic (exact) mass is 412 g/mol. The number of carbonyl (C=O) groups excluding carboxylic acids is 2. The van der Waals surface area contributed by atoms with Crippen molar-refractivity contribution in [3.05, 3.63) is 0 Å². The van der Waals surface area contributed by atoms with Gasteiger partial charge in [0.05, 0.1) is 6.04 Å². The van der Waals surface area contributed by atoms with Crippen LogP contribution in [0.2, 0.25) is 0 Å². The first-order valence-corrected chi connectivity index (χ1v) is 11.8. The Morgan fingerprint density at radius 2 is 1.14 bits per heavy atom. The Balaban J connectivity index is 3.38. The van der Waals surface area contributed by atoms with E-state index in [0.717, 1.165) is 19.3 Å². The highest BCUT2D eigenvalue weighted by molar-refractivity contribution is 5.97. The predicted molar refractivity (Wildman–Crippen MR) is 118 cm³/mol. The third-order valence-corrected chi connectivity index (χ3v) is 5.28. The van der Waals surface area contributed by atoms with E-state index in [9.17, 15) is 14.4 Å². The molecule has 0 fully saturated rings. The smallest absolute Gasteiger partial charge is 0.303 e. The van der Waals surface area contributed by atoms with Crippen LogP contribution in [0.15, 0.2) is 0 Å². The van der Waals surface area contributed by atoms with Gasteiger partial charge in [-0.1, -0.05) is 96.8 Å². The van der Waals surface area contributed by atoms with Crippen molar-refractivity contribution in [3.8, 4) is 0 Å². The number of carboxylic acids is 1. The fourth-order valence-electron chi connectivity index (χ4n) is 3.36. The van der Waals surface area contributed by atoms with Crippen LogP contribution in [0.4, 0.5) is 0 Å². The van der Waals surface area contributed by atoms with Gasteiger partial charge in [-0.3, -0.25) is 19.7 Å². The first-order valence-electron chi connectivity index (χ1n) is 11.8. The van der Waals surface area contributed by atoms with Gasteiger partial charge in [-0.15, -0.1) is 0 Å². The maximum absolute atomic E-state index is 11.7. The lowest BCUT2D eigenvalue weighted by molar-refractivity contribution is -0.137. The molecule has 0 heterocycles. The molecular weight excluding hydrogens is 368 g/mol. The van der Waals surface area contributed by atoms with E-state index in [1.165, 1.54) is 77.0 Å². The molecule has 170 valence electrons. The third kappa shape index (κ3) is 19.7. The summed E-state index contributed by atoms with van der Waals surface area (Å²) in [5.41, 5.74) is 5.57. The molecule has 0 unspecified atom stereocenters. The van der Waals surface area contributed by atoms with Gasteiger partial charge < -0.3 is 10.8 Å². The molecule has 0 aliphatic carbocycles. The molecule has 0 rings (SSSR count). The molecule has 0 aromatic carbocycles. The molecule has 4 N–H and O–H groups in total. The zero-order valence-corrected chi connectivity index (χ0v) is 18.6. The van der Waals surface area contributed by atoms with E-state index in [1.54, 1.807) is 0 Å². The number of unbranched alkanes of at least 4 members (excludes halogenated alkanes) is 14. The first kappa shape index (κ1) is 27.6. The van der Waals surface area contributed by atoms with E-state index in [4.69, 9.17) is 10.8 Å². The molecule has 0 aliphatic heterocycles. The minimum absolute atomic E-state index is 0.0351. The summed E-state index contributed by atoms with van der Waals surface area (Å²) in [6, 6.07) is -0.948. The summed E-state index contributed by atoms with van der Waals surface area (Å²) in [6.45, 7) is 2.25. The number of carbonyl (C=O) groups is 3. The van der Waals surface area contributed by atoms with Crippen molar-refractivity contribution >= 4 is 17.8 Å². The summed E-state index contributed by atoms with van der Waals surface area (Å²) in [4.78, 5) is 33.9. The number of nitrogens with one attached hydrogen (secondary N) is 1. The topological polar surface area (TPSA) is 109 Å². The Kier molecular flexibility index (Phi) is 18.9. The van der Waals surface area contributed by atoms with E-state index in [1.807, 2.05) is 0 Å². The van der Waals surface area contributed by atoms with Crippen LogP contribution in [0, 0.1) is 0 Å². The zero-order chi connectivity index (χ0) is 21.7. The number of hydrogen-bond acceptors (Lipinski definition) is 4. The Bertz CT molecular complexity index is 441. The second-order valence-electron chi connectivity index (χ2n) is 8.15. The van der Waals surface area contributed by atoms with E-state index in [0.29, 0.717) is 6.42 Å². The summed E-state index contributed by atoms with van der Waals surface area (Å²) in [5.74, 6) is -1.91. The standard InChI is InChI=1S/C23H44N2O4/c1-2-3-4-5-6-7-8-9-10-11-12-13-14-15-16-17-21(26)25-23(29)20(24)18-19-22(27)28/h20H,2-19,24H2,1H3,(H,27,28)(H,25,26,29)/t20-/m0/s1. The molecule has 0 spiro atoms. The lowest BCUT2D eigenvalue weighted by Gasteiger charge is -2.10. The maximum atomic E-state index is 11.7. The van der Waals surface area contributed by atoms with Gasteiger partial charge >= 0.3 is 5.97 Å². The maximum Gasteiger partial charge on any atom is 0.303 e. The number of rotatable bonds is 20. The van der Waals surface area contributed by atoms with Crippen LogP contribution in [0.5, 0.6) is 0 Å². The fraction of sp³-hybridized carbons (Fsp3) is 0.870. The van der Waals surface area contributed by atoms with Crippen molar-refractivity contribution in [2.75, 3.05) is 0 Å². The normalized spacial score (nSPS) is 11.9. The van der Waals surface area contributed by atoms with Crippen molar-refractivity contribution in [1.29, 1.82) is 0 Å². The van der Waals surface area contributed by atoms with Crippen LogP contribution < -0.4 is 11.1 Å². The van der Waals surface area contributed by atoms with E-state index < -0.39 is 17.9 Å². The number of amides is 2. The number of hydrogen-bond donors (Lipinski definition) is 3. The third-order valence-electron chi connectivity index (χ3n) is 5.28. The molecule has 1 atom stereocenters. The SMILES string of the molecule is CCCCCCCCCCCCCCCCCC(=O)NC(=O)[C@@H](N)CCC(=O)O. The number of imide groups is 1. The Labute approximate surface area is 177 Å². The van der Waals surface area contributed by atoms with Gasteiger partial charge in [-0.2, -0.15) is 0 Å². The molecule has 0 aromatic rings. The van der Waals surface area contributed by atoms with Crippen molar-refractivity contribution in [3.63, 3.8) is 0 Å². The van der Waals surface area contributed by atoms with Gasteiger partial charge in [0.15, 0.2) is 0 Å². The van der Waals surface area contributed by atoms with Gasteiger partial charge in [0.1, 0.15) is 0 Å². The number of nitrogens with two attached hydrogens (primary N) is 1. The average molecular weight is 413 g/mol. The van der Waals surface area contributed by atoms with Gasteiger partial charge in [0.2, 0.25) is 11.8 Å². The van der Waals surface area contributed by atoms with Crippen LogP contribution in [-0.4, -0.2) is 28.9 Å². The Morgan fingerprint density at radius 1 is 0.724 bits per heavy atom. The molecule has 6 heteroatoms. The molecule has 0 radical (unpaired) electrons. The highest BCUT2D eigenvalue weighted by Gasteiger charge is 2.17. The highest BCUT2D eigenvalue weighted by atomic mass is 16.4. The molecule has 2 amide bonds. The van der Waals surface area contributed by atoms with Crippen LogP contribution in [-0.2, 0) is 14.4 Å². The molecule has 6 nitrogen and oxygen atoms in total. The molecule has 0 saturated carbocycles. The summed E-state index contributed by atoms with van der Waals surface area (Å²) in [7, 11) is 0. The molecule has 0 aliphatic rings. The van der Waals surface area contributed by atoms with Crippen LogP contribution in [0.3, 0.4) is 0 Å². The van der Waals surface area contributed by atoms with Gasteiger partial charge in [-0.05, 0) is 12.8 Å². The van der Waals surface area contributed by atoms with Crippen molar-refractivity contribution in [2.45, 2.75) is 129 Å². The van der Waals surface area contributed by atoms with Gasteiger partial charge in [0.25, 0.3) is 0 Å². The van der Waals surface area contributed by atoms with Crippen LogP contribution in [0.25, 0.3) is 0 Å². The summed E-state index contributed by atoms with van der Waals surface area (Å²) in [6.07, 6.45) is 19.2. The van der Waals surface area contributed by atoms with Crippen LogP contribution in [0.1, 0.15) is 122 Å². The lowest BCUT2D eigenvalue weighted by atomic mass is 10.0. The predicted octanol–water partition coefficient (Wildman–Crippen LogP) is 5.08. The Morgan fingerprint density at radius 3 is 1.55 bits per heavy atom. The van der Waals surface area contributed by atoms with Crippen molar-refractivity contribution < 1.29 is 19.5 Å². The first-order chi connectivity index (χ1) is 14.0.